The Balaban J connectivity index is 1.89. The van der Waals surface area contributed by atoms with Gasteiger partial charge in [-0.2, -0.15) is 5.26 Å². The van der Waals surface area contributed by atoms with Crippen LogP contribution in [-0.4, -0.2) is 22.5 Å². The quantitative estimate of drug-likeness (QED) is 0.757. The predicted molar refractivity (Wildman–Crippen MR) is 110 cm³/mol. The van der Waals surface area contributed by atoms with Crippen LogP contribution in [0.15, 0.2) is 40.7 Å². The van der Waals surface area contributed by atoms with E-state index in [2.05, 4.69) is 11.1 Å². The maximum atomic E-state index is 12.6. The van der Waals surface area contributed by atoms with E-state index in [0.29, 0.717) is 29.0 Å². The third-order valence-corrected chi connectivity index (χ3v) is 6.68. The van der Waals surface area contributed by atoms with Crippen molar-refractivity contribution in [3.8, 4) is 6.07 Å². The van der Waals surface area contributed by atoms with E-state index in [4.69, 9.17) is 11.5 Å². The fraction of sp³-hybridized carbons (Fsp3) is 0.429. The Hall–Kier alpha value is -2.59. The lowest BCUT2D eigenvalue weighted by molar-refractivity contribution is -0.123. The zero-order chi connectivity index (χ0) is 20.3. The molecule has 1 atom stereocenters. The molecule has 0 bridgehead atoms. The number of Topliss-reactive ketones (excluding diaryl/α,β-unsaturated/α-hetero) is 1. The van der Waals surface area contributed by atoms with Crippen LogP contribution in [0.3, 0.4) is 0 Å². The molecule has 0 saturated heterocycles. The van der Waals surface area contributed by atoms with Crippen molar-refractivity contribution < 1.29 is 9.59 Å². The molecule has 1 aromatic rings. The third kappa shape index (κ3) is 3.69. The number of amides is 1. The van der Waals surface area contributed by atoms with Crippen molar-refractivity contribution in [2.75, 3.05) is 5.75 Å². The Kier molecular flexibility index (Phi) is 5.90. The van der Waals surface area contributed by atoms with Gasteiger partial charge in [-0.05, 0) is 19.8 Å². The van der Waals surface area contributed by atoms with Gasteiger partial charge in [-0.3, -0.25) is 9.59 Å². The van der Waals surface area contributed by atoms with Crippen molar-refractivity contribution in [3.05, 3.63) is 46.8 Å². The maximum absolute atomic E-state index is 12.6. The topological polar surface area (TPSA) is 122 Å². The number of rotatable bonds is 4. The average Bonchev–Trinajstić information content (AvgIpc) is 2.67. The van der Waals surface area contributed by atoms with Gasteiger partial charge in [0.2, 0.25) is 5.91 Å². The number of carbonyl (C=O) groups excluding carboxylic acids is 2. The van der Waals surface area contributed by atoms with Crippen LogP contribution in [0.4, 0.5) is 0 Å². The highest BCUT2D eigenvalue weighted by Gasteiger charge is 2.51. The standard InChI is InChI=1S/C21H24N4O2S/c1-13-5-7-14(8-6-13)16(26)12-28-20-17(19(24)27)21(9-3-2-4-10-21)15(11-22)18(23)25-20/h5-8,17H,2-4,9-10,12,23H2,1H3,(H2,24,27)/t17-/m1/s1. The van der Waals surface area contributed by atoms with Gasteiger partial charge in [0.05, 0.1) is 28.4 Å². The van der Waals surface area contributed by atoms with Crippen LogP contribution in [0.2, 0.25) is 0 Å². The summed E-state index contributed by atoms with van der Waals surface area (Å²) in [4.78, 5) is 29.3. The molecule has 3 rings (SSSR count). The zero-order valence-corrected chi connectivity index (χ0v) is 16.7. The summed E-state index contributed by atoms with van der Waals surface area (Å²) in [5.41, 5.74) is 13.2. The lowest BCUT2D eigenvalue weighted by Crippen LogP contribution is -2.48. The fourth-order valence-corrected chi connectivity index (χ4v) is 5.35. The van der Waals surface area contributed by atoms with Gasteiger partial charge in [0.1, 0.15) is 5.82 Å². The fourth-order valence-electron chi connectivity index (χ4n) is 4.24. The molecular weight excluding hydrogens is 372 g/mol. The van der Waals surface area contributed by atoms with Crippen molar-refractivity contribution in [2.24, 2.45) is 27.8 Å². The minimum Gasteiger partial charge on any atom is -0.383 e. The SMILES string of the molecule is Cc1ccc(C(=O)CSC2=NC(N)=C(C#N)C3(CCCCC3)[C@@H]2C(N)=O)cc1. The van der Waals surface area contributed by atoms with E-state index >= 15 is 0 Å². The number of ketones is 1. The number of hydrogen-bond donors (Lipinski definition) is 2. The summed E-state index contributed by atoms with van der Waals surface area (Å²) in [6, 6.07) is 9.53. The van der Waals surface area contributed by atoms with Crippen LogP contribution < -0.4 is 11.5 Å². The van der Waals surface area contributed by atoms with Gasteiger partial charge in [-0.25, -0.2) is 4.99 Å². The Bertz CT molecular complexity index is 890. The number of aryl methyl sites for hydroxylation is 1. The second-order valence-electron chi connectivity index (χ2n) is 7.45. The molecule has 146 valence electrons. The minimum absolute atomic E-state index is 0.0535. The van der Waals surface area contributed by atoms with Crippen molar-refractivity contribution >= 4 is 28.5 Å². The molecule has 1 aromatic carbocycles. The summed E-state index contributed by atoms with van der Waals surface area (Å²) in [6.07, 6.45) is 4.22. The first-order valence-electron chi connectivity index (χ1n) is 9.40. The number of primary amides is 1. The predicted octanol–water partition coefficient (Wildman–Crippen LogP) is 3.07. The maximum Gasteiger partial charge on any atom is 0.228 e. The van der Waals surface area contributed by atoms with E-state index in [1.165, 1.54) is 11.8 Å². The van der Waals surface area contributed by atoms with Gasteiger partial charge in [0.15, 0.2) is 5.78 Å². The molecule has 6 nitrogen and oxygen atoms in total. The lowest BCUT2D eigenvalue weighted by atomic mass is 9.61. The van der Waals surface area contributed by atoms with Crippen LogP contribution in [0.1, 0.15) is 48.0 Å². The highest BCUT2D eigenvalue weighted by molar-refractivity contribution is 8.14. The number of benzene rings is 1. The molecule has 1 heterocycles. The van der Waals surface area contributed by atoms with Crippen molar-refractivity contribution in [3.63, 3.8) is 0 Å². The molecule has 1 amide bonds. The van der Waals surface area contributed by atoms with Crippen LogP contribution >= 0.6 is 11.8 Å². The Morgan fingerprint density at radius 3 is 2.46 bits per heavy atom. The van der Waals surface area contributed by atoms with Gasteiger partial charge in [0.25, 0.3) is 0 Å². The first kappa shape index (κ1) is 20.2. The van der Waals surface area contributed by atoms with E-state index in [-0.39, 0.29) is 17.4 Å². The largest absolute Gasteiger partial charge is 0.383 e. The first-order chi connectivity index (χ1) is 13.4. The first-order valence-corrected chi connectivity index (χ1v) is 10.4. The van der Waals surface area contributed by atoms with E-state index in [1.54, 1.807) is 12.1 Å². The second kappa shape index (κ2) is 8.19. The molecular formula is C21H24N4O2S. The highest BCUT2D eigenvalue weighted by atomic mass is 32.2. The number of allylic oxidation sites excluding steroid dienone is 1. The smallest absolute Gasteiger partial charge is 0.228 e. The average molecular weight is 397 g/mol. The van der Waals surface area contributed by atoms with Gasteiger partial charge < -0.3 is 11.5 Å². The molecule has 0 unspecified atom stereocenters. The highest BCUT2D eigenvalue weighted by Crippen LogP contribution is 2.52. The summed E-state index contributed by atoms with van der Waals surface area (Å²) in [5, 5.41) is 10.1. The van der Waals surface area contributed by atoms with E-state index in [0.717, 1.165) is 24.8 Å². The molecule has 0 aromatic heterocycles. The molecule has 1 saturated carbocycles. The van der Waals surface area contributed by atoms with E-state index in [1.807, 2.05) is 19.1 Å². The van der Waals surface area contributed by atoms with Crippen molar-refractivity contribution in [2.45, 2.75) is 39.0 Å². The molecule has 0 radical (unpaired) electrons. The summed E-state index contributed by atoms with van der Waals surface area (Å²) < 4.78 is 0. The molecule has 2 aliphatic rings. The molecule has 4 N–H and O–H groups in total. The Morgan fingerprint density at radius 1 is 1.25 bits per heavy atom. The molecule has 7 heteroatoms. The van der Waals surface area contributed by atoms with Gasteiger partial charge in [0, 0.05) is 11.0 Å². The number of aliphatic imine (C=N–C) groups is 1. The van der Waals surface area contributed by atoms with Crippen molar-refractivity contribution in [1.29, 1.82) is 5.26 Å². The van der Waals surface area contributed by atoms with Gasteiger partial charge >= 0.3 is 0 Å². The third-order valence-electron chi connectivity index (χ3n) is 5.65. The van der Waals surface area contributed by atoms with E-state index in [9.17, 15) is 14.9 Å². The number of hydrogen-bond acceptors (Lipinski definition) is 6. The lowest BCUT2D eigenvalue weighted by Gasteiger charge is -2.44. The number of thioether (sulfide) groups is 1. The van der Waals surface area contributed by atoms with Crippen LogP contribution in [0.25, 0.3) is 0 Å². The van der Waals surface area contributed by atoms with Crippen LogP contribution in [0, 0.1) is 29.6 Å². The summed E-state index contributed by atoms with van der Waals surface area (Å²) in [7, 11) is 0. The molecule has 1 fully saturated rings. The normalized spacial score (nSPS) is 21.1. The molecule has 1 aliphatic carbocycles. The number of nitriles is 1. The number of carbonyl (C=O) groups is 2. The van der Waals surface area contributed by atoms with Gasteiger partial charge in [-0.1, -0.05) is 49.1 Å². The molecule has 1 spiro atoms. The summed E-state index contributed by atoms with van der Waals surface area (Å²) in [6.45, 7) is 1.96. The van der Waals surface area contributed by atoms with Crippen LogP contribution in [0.5, 0.6) is 0 Å². The van der Waals surface area contributed by atoms with Crippen molar-refractivity contribution in [1.82, 2.24) is 0 Å². The Labute approximate surface area is 169 Å². The second-order valence-corrected chi connectivity index (χ2v) is 8.45. The number of nitrogens with zero attached hydrogens (tertiary/aromatic N) is 2. The van der Waals surface area contributed by atoms with E-state index < -0.39 is 17.2 Å². The van der Waals surface area contributed by atoms with Gasteiger partial charge in [-0.15, -0.1) is 11.8 Å². The Morgan fingerprint density at radius 2 is 1.89 bits per heavy atom. The minimum atomic E-state index is -0.717. The zero-order valence-electron chi connectivity index (χ0n) is 15.9. The summed E-state index contributed by atoms with van der Waals surface area (Å²) in [5.74, 6) is -1.01. The number of nitrogens with two attached hydrogens (primary N) is 2. The monoisotopic (exact) mass is 396 g/mol. The summed E-state index contributed by atoms with van der Waals surface area (Å²) >= 11 is 1.20. The molecule has 1 aliphatic heterocycles. The molecule has 28 heavy (non-hydrogen) atoms. The van der Waals surface area contributed by atoms with Crippen LogP contribution in [-0.2, 0) is 4.79 Å².